The van der Waals surface area contributed by atoms with Crippen LogP contribution in [0.2, 0.25) is 0 Å². The summed E-state index contributed by atoms with van der Waals surface area (Å²) in [6, 6.07) is 9.69. The topological polar surface area (TPSA) is 42.0 Å². The van der Waals surface area contributed by atoms with Gasteiger partial charge in [-0.05, 0) is 43.9 Å². The van der Waals surface area contributed by atoms with E-state index in [9.17, 15) is 4.79 Å². The molecule has 0 saturated carbocycles. The van der Waals surface area contributed by atoms with Crippen molar-refractivity contribution in [1.82, 2.24) is 9.80 Å². The van der Waals surface area contributed by atoms with Gasteiger partial charge in [-0.2, -0.15) is 0 Å². The van der Waals surface area contributed by atoms with Crippen LogP contribution < -0.4 is 4.74 Å². The molecule has 0 spiro atoms. The van der Waals surface area contributed by atoms with Crippen LogP contribution in [0.4, 0.5) is 0 Å². The monoisotopic (exact) mass is 346 g/mol. The van der Waals surface area contributed by atoms with Crippen LogP contribution in [0.5, 0.6) is 5.75 Å². The molecule has 1 amide bonds. The molecule has 0 unspecified atom stereocenters. The number of carbonyl (C=O) groups excluding carboxylic acids is 1. The number of piperidine rings is 1. The van der Waals surface area contributed by atoms with E-state index in [4.69, 9.17) is 9.47 Å². The lowest BCUT2D eigenvalue weighted by Crippen LogP contribution is -2.41. The lowest BCUT2D eigenvalue weighted by atomic mass is 9.93. The van der Waals surface area contributed by atoms with Crippen LogP contribution in [-0.4, -0.2) is 68.3 Å². The van der Waals surface area contributed by atoms with Gasteiger partial charge in [0.05, 0.1) is 26.2 Å². The maximum absolute atomic E-state index is 12.3. The quantitative estimate of drug-likeness (QED) is 0.760. The second-order valence-electron chi connectivity index (χ2n) is 6.98. The Morgan fingerprint density at radius 3 is 2.52 bits per heavy atom. The third-order valence-corrected chi connectivity index (χ3v) is 5.25. The van der Waals surface area contributed by atoms with Gasteiger partial charge in [0.15, 0.2) is 0 Å². The molecule has 2 aliphatic heterocycles. The summed E-state index contributed by atoms with van der Waals surface area (Å²) in [6.45, 7) is 7.32. The van der Waals surface area contributed by atoms with Gasteiger partial charge in [-0.15, -0.1) is 0 Å². The first kappa shape index (κ1) is 18.2. The second-order valence-corrected chi connectivity index (χ2v) is 6.98. The first-order chi connectivity index (χ1) is 12.3. The van der Waals surface area contributed by atoms with Crippen molar-refractivity contribution in [2.75, 3.05) is 52.5 Å². The molecule has 0 bridgehead atoms. The molecule has 0 aromatic heterocycles. The van der Waals surface area contributed by atoms with E-state index in [-0.39, 0.29) is 5.91 Å². The Balaban J connectivity index is 1.29. The molecule has 0 atom stereocenters. The van der Waals surface area contributed by atoms with Crippen molar-refractivity contribution in [2.45, 2.75) is 25.7 Å². The van der Waals surface area contributed by atoms with Crippen LogP contribution in [0.15, 0.2) is 30.3 Å². The highest BCUT2D eigenvalue weighted by atomic mass is 16.5. The summed E-state index contributed by atoms with van der Waals surface area (Å²) < 4.78 is 11.0. The Hall–Kier alpha value is -1.59. The zero-order valence-electron chi connectivity index (χ0n) is 15.1. The molecule has 0 N–H and O–H groups in total. The van der Waals surface area contributed by atoms with Crippen molar-refractivity contribution in [3.8, 4) is 5.75 Å². The van der Waals surface area contributed by atoms with E-state index in [1.54, 1.807) is 0 Å². The van der Waals surface area contributed by atoms with Gasteiger partial charge >= 0.3 is 0 Å². The summed E-state index contributed by atoms with van der Waals surface area (Å²) in [4.78, 5) is 16.8. The van der Waals surface area contributed by atoms with Gasteiger partial charge in [0.25, 0.3) is 0 Å². The standard InChI is InChI=1S/C20H30N2O3/c23-20(9-15-25-19-4-2-1-3-5-19)22-11-7-18(8-12-22)6-10-21-13-16-24-17-14-21/h1-5,18H,6-17H2. The van der Waals surface area contributed by atoms with Gasteiger partial charge < -0.3 is 14.4 Å². The average molecular weight is 346 g/mol. The predicted molar refractivity (Wildman–Crippen MR) is 97.7 cm³/mol. The molecule has 2 saturated heterocycles. The Morgan fingerprint density at radius 1 is 1.08 bits per heavy atom. The Bertz CT molecular complexity index is 509. The highest BCUT2D eigenvalue weighted by Gasteiger charge is 2.23. The molecule has 3 rings (SSSR count). The fraction of sp³-hybridized carbons (Fsp3) is 0.650. The fourth-order valence-electron chi connectivity index (χ4n) is 3.59. The molecule has 25 heavy (non-hydrogen) atoms. The number of amides is 1. The lowest BCUT2D eigenvalue weighted by Gasteiger charge is -2.34. The van der Waals surface area contributed by atoms with Crippen molar-refractivity contribution < 1.29 is 14.3 Å². The Kier molecular flexibility index (Phi) is 7.12. The molecular formula is C20H30N2O3. The van der Waals surface area contributed by atoms with E-state index in [1.807, 2.05) is 35.2 Å². The molecule has 5 heteroatoms. The molecule has 5 nitrogen and oxygen atoms in total. The molecule has 0 radical (unpaired) electrons. The Morgan fingerprint density at radius 2 is 1.80 bits per heavy atom. The van der Waals surface area contributed by atoms with Crippen LogP contribution in [0.3, 0.4) is 0 Å². The van der Waals surface area contributed by atoms with E-state index in [0.29, 0.717) is 13.0 Å². The van der Waals surface area contributed by atoms with E-state index in [2.05, 4.69) is 4.90 Å². The summed E-state index contributed by atoms with van der Waals surface area (Å²) in [5, 5.41) is 0. The third kappa shape index (κ3) is 6.01. The van der Waals surface area contributed by atoms with Gasteiger partial charge in [-0.3, -0.25) is 9.69 Å². The van der Waals surface area contributed by atoms with E-state index >= 15 is 0 Å². The Labute approximate surface area is 150 Å². The number of rotatable bonds is 7. The van der Waals surface area contributed by atoms with Crippen LogP contribution in [0, 0.1) is 5.92 Å². The zero-order chi connectivity index (χ0) is 17.3. The zero-order valence-corrected chi connectivity index (χ0v) is 15.1. The molecule has 2 heterocycles. The summed E-state index contributed by atoms with van der Waals surface area (Å²) in [7, 11) is 0. The number of benzene rings is 1. The summed E-state index contributed by atoms with van der Waals surface area (Å²) in [5.74, 6) is 1.81. The number of nitrogens with zero attached hydrogens (tertiary/aromatic N) is 2. The van der Waals surface area contributed by atoms with Crippen LogP contribution in [-0.2, 0) is 9.53 Å². The van der Waals surface area contributed by atoms with Crippen molar-refractivity contribution in [1.29, 1.82) is 0 Å². The van der Waals surface area contributed by atoms with Gasteiger partial charge in [-0.25, -0.2) is 0 Å². The minimum Gasteiger partial charge on any atom is -0.493 e. The van der Waals surface area contributed by atoms with Gasteiger partial charge in [0, 0.05) is 26.2 Å². The number of hydrogen-bond acceptors (Lipinski definition) is 4. The van der Waals surface area contributed by atoms with Crippen molar-refractivity contribution in [3.05, 3.63) is 30.3 Å². The van der Waals surface area contributed by atoms with Gasteiger partial charge in [-0.1, -0.05) is 18.2 Å². The number of carbonyl (C=O) groups is 1. The van der Waals surface area contributed by atoms with Gasteiger partial charge in [0.2, 0.25) is 5.91 Å². The van der Waals surface area contributed by atoms with E-state index in [0.717, 1.165) is 63.9 Å². The fourth-order valence-corrected chi connectivity index (χ4v) is 3.59. The van der Waals surface area contributed by atoms with Crippen molar-refractivity contribution >= 4 is 5.91 Å². The maximum Gasteiger partial charge on any atom is 0.225 e. The molecule has 2 aliphatic rings. The molecular weight excluding hydrogens is 316 g/mol. The number of likely N-dealkylation sites (tertiary alicyclic amines) is 1. The lowest BCUT2D eigenvalue weighted by molar-refractivity contribution is -0.133. The highest BCUT2D eigenvalue weighted by molar-refractivity contribution is 5.76. The predicted octanol–water partition coefficient (Wildman–Crippen LogP) is 2.42. The highest BCUT2D eigenvalue weighted by Crippen LogP contribution is 2.21. The molecule has 1 aromatic carbocycles. The van der Waals surface area contributed by atoms with Crippen LogP contribution >= 0.6 is 0 Å². The molecule has 138 valence electrons. The maximum atomic E-state index is 12.3. The van der Waals surface area contributed by atoms with Crippen molar-refractivity contribution in [2.24, 2.45) is 5.92 Å². The van der Waals surface area contributed by atoms with E-state index in [1.165, 1.54) is 13.0 Å². The van der Waals surface area contributed by atoms with Crippen LogP contribution in [0.25, 0.3) is 0 Å². The smallest absolute Gasteiger partial charge is 0.225 e. The SMILES string of the molecule is O=C(CCOc1ccccc1)N1CCC(CCN2CCOCC2)CC1. The molecule has 2 fully saturated rings. The van der Waals surface area contributed by atoms with Crippen LogP contribution in [0.1, 0.15) is 25.7 Å². The summed E-state index contributed by atoms with van der Waals surface area (Å²) in [5.41, 5.74) is 0. The average Bonchev–Trinajstić information content (AvgIpc) is 2.68. The summed E-state index contributed by atoms with van der Waals surface area (Å²) >= 11 is 0. The van der Waals surface area contributed by atoms with Gasteiger partial charge in [0.1, 0.15) is 5.75 Å². The third-order valence-electron chi connectivity index (χ3n) is 5.25. The number of morpholine rings is 1. The minimum atomic E-state index is 0.225. The first-order valence-corrected chi connectivity index (χ1v) is 9.57. The number of ether oxygens (including phenoxy) is 2. The normalized spacial score (nSPS) is 19.8. The number of hydrogen-bond donors (Lipinski definition) is 0. The molecule has 1 aromatic rings. The van der Waals surface area contributed by atoms with E-state index < -0.39 is 0 Å². The first-order valence-electron chi connectivity index (χ1n) is 9.57. The summed E-state index contributed by atoms with van der Waals surface area (Å²) in [6.07, 6.45) is 3.98. The van der Waals surface area contributed by atoms with Crippen molar-refractivity contribution in [3.63, 3.8) is 0 Å². The molecule has 0 aliphatic carbocycles. The number of para-hydroxylation sites is 1. The minimum absolute atomic E-state index is 0.225. The largest absolute Gasteiger partial charge is 0.493 e. The second kappa shape index (κ2) is 9.78.